The van der Waals surface area contributed by atoms with Gasteiger partial charge >= 0.3 is 0 Å². The Morgan fingerprint density at radius 1 is 1.09 bits per heavy atom. The van der Waals surface area contributed by atoms with Gasteiger partial charge < -0.3 is 14.8 Å². The summed E-state index contributed by atoms with van der Waals surface area (Å²) in [6.45, 7) is 8.96. The van der Waals surface area contributed by atoms with Gasteiger partial charge in [0.2, 0.25) is 0 Å². The van der Waals surface area contributed by atoms with Crippen molar-refractivity contribution in [2.45, 2.75) is 40.3 Å². The van der Waals surface area contributed by atoms with Gasteiger partial charge in [0.15, 0.2) is 11.5 Å². The van der Waals surface area contributed by atoms with E-state index in [0.29, 0.717) is 6.54 Å². The lowest BCUT2D eigenvalue weighted by Gasteiger charge is -2.18. The second-order valence-electron chi connectivity index (χ2n) is 5.79. The Balaban J connectivity index is 2.21. The van der Waals surface area contributed by atoms with Crippen LogP contribution in [0.3, 0.4) is 0 Å². The van der Waals surface area contributed by atoms with Crippen LogP contribution in [0.25, 0.3) is 0 Å². The zero-order chi connectivity index (χ0) is 16.1. The molecule has 2 aromatic carbocycles. The van der Waals surface area contributed by atoms with E-state index in [0.717, 1.165) is 22.7 Å². The summed E-state index contributed by atoms with van der Waals surface area (Å²) in [7, 11) is 1.67. The highest BCUT2D eigenvalue weighted by atomic mass is 16.5. The van der Waals surface area contributed by atoms with Crippen LogP contribution in [0.15, 0.2) is 36.4 Å². The Morgan fingerprint density at radius 3 is 2.50 bits per heavy atom. The van der Waals surface area contributed by atoms with Gasteiger partial charge in [0.25, 0.3) is 0 Å². The minimum absolute atomic E-state index is 0.108. The molecule has 2 rings (SSSR count). The quantitative estimate of drug-likeness (QED) is 0.838. The van der Waals surface area contributed by atoms with Gasteiger partial charge in [0, 0.05) is 17.8 Å². The first-order valence-electron chi connectivity index (χ1n) is 7.65. The molecule has 0 radical (unpaired) electrons. The van der Waals surface area contributed by atoms with Crippen molar-refractivity contribution in [2.75, 3.05) is 12.4 Å². The summed E-state index contributed by atoms with van der Waals surface area (Å²) < 4.78 is 11.4. The molecule has 0 heterocycles. The van der Waals surface area contributed by atoms with Crippen LogP contribution < -0.4 is 14.8 Å². The Bertz CT molecular complexity index is 635. The van der Waals surface area contributed by atoms with Crippen LogP contribution in [0.4, 0.5) is 5.69 Å². The van der Waals surface area contributed by atoms with E-state index < -0.39 is 0 Å². The van der Waals surface area contributed by atoms with Crippen molar-refractivity contribution < 1.29 is 9.47 Å². The predicted octanol–water partition coefficient (Wildman–Crippen LogP) is 4.71. The van der Waals surface area contributed by atoms with Crippen molar-refractivity contribution in [2.24, 2.45) is 0 Å². The van der Waals surface area contributed by atoms with E-state index >= 15 is 0 Å². The third-order valence-electron chi connectivity index (χ3n) is 3.49. The molecule has 3 heteroatoms. The van der Waals surface area contributed by atoms with E-state index in [-0.39, 0.29) is 6.10 Å². The smallest absolute Gasteiger partial charge is 0.166 e. The van der Waals surface area contributed by atoms with Crippen molar-refractivity contribution in [1.29, 1.82) is 0 Å². The monoisotopic (exact) mass is 299 g/mol. The summed E-state index contributed by atoms with van der Waals surface area (Å²) in [5.41, 5.74) is 4.75. The second-order valence-corrected chi connectivity index (χ2v) is 5.79. The van der Waals surface area contributed by atoms with Gasteiger partial charge in [0.1, 0.15) is 0 Å². The largest absolute Gasteiger partial charge is 0.493 e. The molecule has 0 aliphatic rings. The number of aryl methyl sites for hydroxylation is 2. The number of rotatable bonds is 6. The molecule has 0 spiro atoms. The van der Waals surface area contributed by atoms with E-state index in [1.54, 1.807) is 7.11 Å². The average molecular weight is 299 g/mol. The minimum Gasteiger partial charge on any atom is -0.493 e. The second kappa shape index (κ2) is 7.21. The van der Waals surface area contributed by atoms with Crippen LogP contribution in [0.5, 0.6) is 11.5 Å². The molecule has 22 heavy (non-hydrogen) atoms. The summed E-state index contributed by atoms with van der Waals surface area (Å²) in [6.07, 6.45) is 0.108. The van der Waals surface area contributed by atoms with Crippen molar-refractivity contribution in [3.8, 4) is 11.5 Å². The van der Waals surface area contributed by atoms with Crippen molar-refractivity contribution in [3.63, 3.8) is 0 Å². The van der Waals surface area contributed by atoms with E-state index in [2.05, 4.69) is 43.4 Å². The summed E-state index contributed by atoms with van der Waals surface area (Å²) in [4.78, 5) is 0. The van der Waals surface area contributed by atoms with Crippen molar-refractivity contribution >= 4 is 5.69 Å². The third kappa shape index (κ3) is 3.94. The molecule has 0 saturated carbocycles. The molecule has 0 fully saturated rings. The standard InChI is InChI=1S/C19H25NO2/c1-13(2)22-19-16(7-6-8-18(19)21-5)12-20-17-10-9-14(3)11-15(17)4/h6-11,13,20H,12H2,1-5H3. The number of hydrogen-bond donors (Lipinski definition) is 1. The molecule has 0 aliphatic heterocycles. The van der Waals surface area contributed by atoms with Crippen molar-refractivity contribution in [3.05, 3.63) is 53.1 Å². The van der Waals surface area contributed by atoms with E-state index in [9.17, 15) is 0 Å². The number of benzene rings is 2. The third-order valence-corrected chi connectivity index (χ3v) is 3.49. The lowest BCUT2D eigenvalue weighted by molar-refractivity contribution is 0.228. The Hall–Kier alpha value is -2.16. The summed E-state index contributed by atoms with van der Waals surface area (Å²) in [6, 6.07) is 12.4. The molecule has 0 bridgehead atoms. The Kier molecular flexibility index (Phi) is 5.31. The van der Waals surface area contributed by atoms with Gasteiger partial charge in [-0.3, -0.25) is 0 Å². The number of hydrogen-bond acceptors (Lipinski definition) is 3. The zero-order valence-corrected chi connectivity index (χ0v) is 14.1. The SMILES string of the molecule is COc1cccc(CNc2ccc(C)cc2C)c1OC(C)C. The van der Waals surface area contributed by atoms with Crippen molar-refractivity contribution in [1.82, 2.24) is 0 Å². The maximum Gasteiger partial charge on any atom is 0.166 e. The van der Waals surface area contributed by atoms with Crippen LogP contribution in [0.1, 0.15) is 30.5 Å². The number of anilines is 1. The molecule has 0 amide bonds. The molecular formula is C19H25NO2. The Labute approximate surface area is 133 Å². The molecule has 3 nitrogen and oxygen atoms in total. The summed E-state index contributed by atoms with van der Waals surface area (Å²) >= 11 is 0. The fraction of sp³-hybridized carbons (Fsp3) is 0.368. The van der Waals surface area contributed by atoms with Gasteiger partial charge in [-0.1, -0.05) is 29.8 Å². The van der Waals surface area contributed by atoms with E-state index in [4.69, 9.17) is 9.47 Å². The highest BCUT2D eigenvalue weighted by molar-refractivity contribution is 5.54. The summed E-state index contributed by atoms with van der Waals surface area (Å²) in [5.74, 6) is 1.59. The topological polar surface area (TPSA) is 30.5 Å². The maximum atomic E-state index is 5.94. The molecule has 118 valence electrons. The highest BCUT2D eigenvalue weighted by Gasteiger charge is 2.12. The lowest BCUT2D eigenvalue weighted by atomic mass is 10.1. The highest BCUT2D eigenvalue weighted by Crippen LogP contribution is 2.32. The predicted molar refractivity (Wildman–Crippen MR) is 92.0 cm³/mol. The van der Waals surface area contributed by atoms with Gasteiger partial charge in [0.05, 0.1) is 13.2 Å². The molecule has 0 aliphatic carbocycles. The van der Waals surface area contributed by atoms with E-state index in [1.807, 2.05) is 26.0 Å². The molecule has 0 saturated heterocycles. The van der Waals surface area contributed by atoms with Crippen LogP contribution in [0.2, 0.25) is 0 Å². The van der Waals surface area contributed by atoms with Gasteiger partial charge in [-0.25, -0.2) is 0 Å². The molecular weight excluding hydrogens is 274 g/mol. The fourth-order valence-corrected chi connectivity index (χ4v) is 2.43. The number of para-hydroxylation sites is 1. The van der Waals surface area contributed by atoms with Crippen LogP contribution in [0, 0.1) is 13.8 Å². The molecule has 0 unspecified atom stereocenters. The molecule has 2 aromatic rings. The van der Waals surface area contributed by atoms with Gasteiger partial charge in [-0.15, -0.1) is 0 Å². The zero-order valence-electron chi connectivity index (χ0n) is 14.1. The van der Waals surface area contributed by atoms with Crippen LogP contribution in [-0.4, -0.2) is 13.2 Å². The normalized spacial score (nSPS) is 10.6. The van der Waals surface area contributed by atoms with E-state index in [1.165, 1.54) is 11.1 Å². The van der Waals surface area contributed by atoms with Gasteiger partial charge in [-0.2, -0.15) is 0 Å². The van der Waals surface area contributed by atoms with Gasteiger partial charge in [-0.05, 0) is 45.4 Å². The molecule has 0 aromatic heterocycles. The molecule has 0 atom stereocenters. The minimum atomic E-state index is 0.108. The number of nitrogens with one attached hydrogen (secondary N) is 1. The number of methoxy groups -OCH3 is 1. The molecule has 1 N–H and O–H groups in total. The van der Waals surface area contributed by atoms with Crippen LogP contribution in [-0.2, 0) is 6.54 Å². The van der Waals surface area contributed by atoms with Crippen LogP contribution >= 0.6 is 0 Å². The lowest BCUT2D eigenvalue weighted by Crippen LogP contribution is -2.10. The fourth-order valence-electron chi connectivity index (χ4n) is 2.43. The maximum absolute atomic E-state index is 5.94. The summed E-state index contributed by atoms with van der Waals surface area (Å²) in [5, 5.41) is 3.49. The Morgan fingerprint density at radius 2 is 1.86 bits per heavy atom. The number of ether oxygens (including phenoxy) is 2. The average Bonchev–Trinajstić information content (AvgIpc) is 2.47. The first-order valence-corrected chi connectivity index (χ1v) is 7.65. The first-order chi connectivity index (χ1) is 10.5. The first kappa shape index (κ1) is 16.2.